The number of fused-ring (bicyclic) bond motifs is 1. The van der Waals surface area contributed by atoms with E-state index in [1.54, 1.807) is 18.2 Å². The molecule has 3 rings (SSSR count). The lowest BCUT2D eigenvalue weighted by molar-refractivity contribution is -0.385. The molecule has 0 fully saturated rings. The number of nitrogens with one attached hydrogen (secondary N) is 1. The van der Waals surface area contributed by atoms with Crippen LogP contribution in [0.1, 0.15) is 6.92 Å². The minimum absolute atomic E-state index is 0.108. The molecule has 0 unspecified atom stereocenters. The van der Waals surface area contributed by atoms with Crippen molar-refractivity contribution >= 4 is 17.3 Å². The fraction of sp³-hybridized carbons (Fsp3) is 0.278. The van der Waals surface area contributed by atoms with Crippen LogP contribution in [0.4, 0.5) is 11.4 Å². The Morgan fingerprint density at radius 1 is 1.15 bits per heavy atom. The summed E-state index contributed by atoms with van der Waals surface area (Å²) < 4.78 is 21.6. The van der Waals surface area contributed by atoms with Crippen LogP contribution in [0.15, 0.2) is 36.4 Å². The summed E-state index contributed by atoms with van der Waals surface area (Å²) in [5.41, 5.74) is 0.357. The summed E-state index contributed by atoms with van der Waals surface area (Å²) in [7, 11) is 1.41. The molecule has 0 aliphatic carbocycles. The molecule has 0 bridgehead atoms. The maximum absolute atomic E-state index is 12.4. The molecule has 27 heavy (non-hydrogen) atoms. The van der Waals surface area contributed by atoms with Crippen LogP contribution in [0, 0.1) is 10.1 Å². The van der Waals surface area contributed by atoms with E-state index in [4.69, 9.17) is 18.9 Å². The molecule has 0 aromatic heterocycles. The highest BCUT2D eigenvalue weighted by atomic mass is 16.6. The summed E-state index contributed by atoms with van der Waals surface area (Å²) in [5, 5.41) is 13.7. The SMILES string of the molecule is COc1ccc([N+](=O)[O-])cc1O[C@@H](C)C(=O)Nc1ccc2c(c1)OCCO2. The number of carbonyl (C=O) groups excluding carboxylic acids is 1. The van der Waals surface area contributed by atoms with Crippen LogP contribution < -0.4 is 24.3 Å². The normalized spacial score (nSPS) is 13.4. The van der Waals surface area contributed by atoms with Gasteiger partial charge in [0.25, 0.3) is 11.6 Å². The number of non-ortho nitro benzene ring substituents is 1. The van der Waals surface area contributed by atoms with Gasteiger partial charge >= 0.3 is 0 Å². The highest BCUT2D eigenvalue weighted by Crippen LogP contribution is 2.34. The van der Waals surface area contributed by atoms with E-state index < -0.39 is 16.9 Å². The highest BCUT2D eigenvalue weighted by molar-refractivity contribution is 5.94. The number of benzene rings is 2. The van der Waals surface area contributed by atoms with Crippen LogP contribution in [-0.4, -0.2) is 37.3 Å². The van der Waals surface area contributed by atoms with Gasteiger partial charge in [0.1, 0.15) is 13.2 Å². The Morgan fingerprint density at radius 3 is 2.59 bits per heavy atom. The number of nitro benzene ring substituents is 1. The van der Waals surface area contributed by atoms with Crippen molar-refractivity contribution in [2.75, 3.05) is 25.6 Å². The molecule has 0 saturated carbocycles. The predicted octanol–water partition coefficient (Wildman–Crippen LogP) is 2.78. The maximum atomic E-state index is 12.4. The smallest absolute Gasteiger partial charge is 0.273 e. The molecule has 1 heterocycles. The van der Waals surface area contributed by atoms with E-state index in [9.17, 15) is 14.9 Å². The maximum Gasteiger partial charge on any atom is 0.273 e. The van der Waals surface area contributed by atoms with Crippen LogP contribution in [0.5, 0.6) is 23.0 Å². The zero-order chi connectivity index (χ0) is 19.4. The quantitative estimate of drug-likeness (QED) is 0.611. The number of hydrogen-bond acceptors (Lipinski definition) is 7. The van der Waals surface area contributed by atoms with Gasteiger partial charge in [-0.25, -0.2) is 0 Å². The van der Waals surface area contributed by atoms with Crippen molar-refractivity contribution in [3.8, 4) is 23.0 Å². The van der Waals surface area contributed by atoms with Crippen LogP contribution in [-0.2, 0) is 4.79 Å². The third-order valence-electron chi connectivity index (χ3n) is 3.84. The number of nitro groups is 1. The van der Waals surface area contributed by atoms with Gasteiger partial charge in [-0.05, 0) is 25.1 Å². The standard InChI is InChI=1S/C18H18N2O7/c1-11(27-17-10-13(20(22)23)4-6-14(17)24-2)18(21)19-12-3-5-15-16(9-12)26-8-7-25-15/h3-6,9-11H,7-8H2,1-2H3,(H,19,21)/t11-/m0/s1. The van der Waals surface area contributed by atoms with Gasteiger partial charge in [0, 0.05) is 17.8 Å². The summed E-state index contributed by atoms with van der Waals surface area (Å²) in [6, 6.07) is 8.98. The minimum Gasteiger partial charge on any atom is -0.493 e. The molecule has 9 nitrogen and oxygen atoms in total. The fourth-order valence-electron chi connectivity index (χ4n) is 2.48. The van der Waals surface area contributed by atoms with E-state index in [1.807, 2.05) is 0 Å². The van der Waals surface area contributed by atoms with E-state index in [-0.39, 0.29) is 11.4 Å². The van der Waals surface area contributed by atoms with Gasteiger partial charge in [0.2, 0.25) is 0 Å². The molecule has 0 saturated heterocycles. The Morgan fingerprint density at radius 2 is 1.89 bits per heavy atom. The van der Waals surface area contributed by atoms with Gasteiger partial charge in [-0.1, -0.05) is 0 Å². The third-order valence-corrected chi connectivity index (χ3v) is 3.84. The second-order valence-corrected chi connectivity index (χ2v) is 5.70. The van der Waals surface area contributed by atoms with Crippen LogP contribution in [0.25, 0.3) is 0 Å². The number of carbonyl (C=O) groups is 1. The Kier molecular flexibility index (Phi) is 5.30. The lowest BCUT2D eigenvalue weighted by atomic mass is 10.2. The van der Waals surface area contributed by atoms with E-state index in [0.29, 0.717) is 36.1 Å². The Bertz CT molecular complexity index is 869. The summed E-state index contributed by atoms with van der Waals surface area (Å²) in [6.45, 7) is 2.46. The summed E-state index contributed by atoms with van der Waals surface area (Å²) in [5.74, 6) is 1.13. The number of rotatable bonds is 6. The summed E-state index contributed by atoms with van der Waals surface area (Å²) >= 11 is 0. The third kappa shape index (κ3) is 4.20. The molecule has 2 aromatic carbocycles. The van der Waals surface area contributed by atoms with Crippen molar-refractivity contribution in [3.05, 3.63) is 46.5 Å². The number of methoxy groups -OCH3 is 1. The second-order valence-electron chi connectivity index (χ2n) is 5.70. The zero-order valence-corrected chi connectivity index (χ0v) is 14.8. The summed E-state index contributed by atoms with van der Waals surface area (Å²) in [6.07, 6.45) is -0.922. The van der Waals surface area contributed by atoms with Crippen molar-refractivity contribution < 1.29 is 28.7 Å². The van der Waals surface area contributed by atoms with Gasteiger partial charge in [0.05, 0.1) is 18.1 Å². The zero-order valence-electron chi connectivity index (χ0n) is 14.8. The van der Waals surface area contributed by atoms with E-state index in [1.165, 1.54) is 32.2 Å². The van der Waals surface area contributed by atoms with Crippen LogP contribution in [0.2, 0.25) is 0 Å². The van der Waals surface area contributed by atoms with Gasteiger partial charge in [0.15, 0.2) is 29.1 Å². The molecular weight excluding hydrogens is 356 g/mol. The Hall–Kier alpha value is -3.49. The Labute approximate surface area is 154 Å². The molecule has 1 amide bonds. The lowest BCUT2D eigenvalue weighted by Crippen LogP contribution is -2.30. The van der Waals surface area contributed by atoms with E-state index in [2.05, 4.69) is 5.32 Å². The molecule has 1 aliphatic rings. The first-order chi connectivity index (χ1) is 13.0. The number of anilines is 1. The molecular formula is C18H18N2O7. The minimum atomic E-state index is -0.922. The monoisotopic (exact) mass is 374 g/mol. The van der Waals surface area contributed by atoms with Gasteiger partial charge in [-0.2, -0.15) is 0 Å². The lowest BCUT2D eigenvalue weighted by Gasteiger charge is -2.20. The van der Waals surface area contributed by atoms with Crippen molar-refractivity contribution in [2.45, 2.75) is 13.0 Å². The van der Waals surface area contributed by atoms with Crippen molar-refractivity contribution in [2.24, 2.45) is 0 Å². The fourth-order valence-corrected chi connectivity index (χ4v) is 2.48. The predicted molar refractivity (Wildman–Crippen MR) is 95.8 cm³/mol. The molecule has 2 aromatic rings. The second kappa shape index (κ2) is 7.81. The topological polar surface area (TPSA) is 109 Å². The number of nitrogens with zero attached hydrogens (tertiary/aromatic N) is 1. The number of ether oxygens (including phenoxy) is 4. The number of hydrogen-bond donors (Lipinski definition) is 1. The van der Waals surface area contributed by atoms with E-state index >= 15 is 0 Å². The molecule has 1 N–H and O–H groups in total. The molecule has 0 spiro atoms. The molecule has 1 atom stereocenters. The first-order valence-electron chi connectivity index (χ1n) is 8.17. The van der Waals surface area contributed by atoms with Crippen molar-refractivity contribution in [1.82, 2.24) is 0 Å². The Balaban J connectivity index is 1.71. The first-order valence-corrected chi connectivity index (χ1v) is 8.17. The van der Waals surface area contributed by atoms with Gasteiger partial charge in [-0.15, -0.1) is 0 Å². The largest absolute Gasteiger partial charge is 0.493 e. The van der Waals surface area contributed by atoms with E-state index in [0.717, 1.165) is 0 Å². The summed E-state index contributed by atoms with van der Waals surface area (Å²) in [4.78, 5) is 22.8. The average Bonchev–Trinajstić information content (AvgIpc) is 2.67. The van der Waals surface area contributed by atoms with Crippen LogP contribution >= 0.6 is 0 Å². The molecule has 9 heteroatoms. The first kappa shape index (κ1) is 18.3. The van der Waals surface area contributed by atoms with Gasteiger partial charge < -0.3 is 24.3 Å². The van der Waals surface area contributed by atoms with Crippen molar-refractivity contribution in [1.29, 1.82) is 0 Å². The average molecular weight is 374 g/mol. The van der Waals surface area contributed by atoms with Crippen molar-refractivity contribution in [3.63, 3.8) is 0 Å². The van der Waals surface area contributed by atoms with Gasteiger partial charge in [-0.3, -0.25) is 14.9 Å². The number of amides is 1. The van der Waals surface area contributed by atoms with Crippen LogP contribution in [0.3, 0.4) is 0 Å². The molecule has 0 radical (unpaired) electrons. The molecule has 142 valence electrons. The molecule has 1 aliphatic heterocycles. The highest BCUT2D eigenvalue weighted by Gasteiger charge is 2.20.